The minimum absolute atomic E-state index is 0.707. The van der Waals surface area contributed by atoms with Crippen LogP contribution in [0.5, 0.6) is 0 Å². The second kappa shape index (κ2) is 11.8. The summed E-state index contributed by atoms with van der Waals surface area (Å²) in [6.45, 7) is 2.19. The second-order valence-corrected chi connectivity index (χ2v) is 13.4. The highest BCUT2D eigenvalue weighted by Crippen LogP contribution is 2.40. The van der Waals surface area contributed by atoms with Gasteiger partial charge in [0.1, 0.15) is 0 Å². The molecule has 1 heterocycles. The van der Waals surface area contributed by atoms with Gasteiger partial charge in [-0.2, -0.15) is 0 Å². The number of hydrogen-bond acceptors (Lipinski definition) is 2. The molecule has 0 fully saturated rings. The Bertz CT molecular complexity index is 2840. The van der Waals surface area contributed by atoms with E-state index < -0.39 is 0 Å². The number of fused-ring (bicyclic) bond motifs is 7. The zero-order valence-corrected chi connectivity index (χ0v) is 28.1. The molecule has 0 amide bonds. The first-order valence-electron chi connectivity index (χ1n) is 17.5. The molecule has 0 radical (unpaired) electrons. The van der Waals surface area contributed by atoms with Crippen LogP contribution in [0.4, 0.5) is 0 Å². The molecule has 51 heavy (non-hydrogen) atoms. The Labute approximate surface area is 296 Å². The van der Waals surface area contributed by atoms with Crippen molar-refractivity contribution in [1.29, 1.82) is 0 Å². The summed E-state index contributed by atoms with van der Waals surface area (Å²) in [6.07, 6.45) is 0. The summed E-state index contributed by atoms with van der Waals surface area (Å²) < 4.78 is 0. The topological polar surface area (TPSA) is 25.8 Å². The number of hydrogen-bond donors (Lipinski definition) is 0. The van der Waals surface area contributed by atoms with Crippen molar-refractivity contribution in [2.75, 3.05) is 0 Å². The highest BCUT2D eigenvalue weighted by Gasteiger charge is 2.17. The fourth-order valence-corrected chi connectivity index (χ4v) is 7.93. The summed E-state index contributed by atoms with van der Waals surface area (Å²) in [5, 5.41) is 12.2. The first kappa shape index (κ1) is 29.3. The van der Waals surface area contributed by atoms with E-state index in [2.05, 4.69) is 183 Å². The number of aromatic nitrogens is 2. The van der Waals surface area contributed by atoms with E-state index in [1.165, 1.54) is 70.6 Å². The van der Waals surface area contributed by atoms with E-state index in [-0.39, 0.29) is 0 Å². The standard InChI is InChI=1S/C49H32N2/c1-31-22-23-32-12-2-7-17-39(32)48(31)33-24-26-34(27-25-33)49-50-46(44-28-35-13-3-5-15-37(35)40-18-8-10-20-42(40)44)30-47(51-49)45-29-36-14-4-6-16-38(36)41-19-9-11-21-43(41)45/h2-30H,1H3. The summed E-state index contributed by atoms with van der Waals surface area (Å²) in [4.78, 5) is 10.7. The number of rotatable bonds is 4. The summed E-state index contributed by atoms with van der Waals surface area (Å²) in [5.74, 6) is 0.707. The van der Waals surface area contributed by atoms with Crippen LogP contribution in [0, 0.1) is 6.92 Å². The van der Waals surface area contributed by atoms with E-state index in [0.717, 1.165) is 28.1 Å². The van der Waals surface area contributed by atoms with Crippen LogP contribution in [0.1, 0.15) is 5.56 Å². The Morgan fingerprint density at radius 2 is 0.765 bits per heavy atom. The van der Waals surface area contributed by atoms with Crippen molar-refractivity contribution in [1.82, 2.24) is 9.97 Å². The lowest BCUT2D eigenvalue weighted by atomic mass is 9.92. The molecule has 0 aliphatic carbocycles. The zero-order chi connectivity index (χ0) is 33.9. The van der Waals surface area contributed by atoms with Crippen LogP contribution < -0.4 is 0 Å². The smallest absolute Gasteiger partial charge is 0.160 e. The van der Waals surface area contributed by atoms with Gasteiger partial charge in [-0.15, -0.1) is 0 Å². The normalized spacial score (nSPS) is 11.6. The van der Waals surface area contributed by atoms with Crippen LogP contribution in [0.2, 0.25) is 0 Å². The van der Waals surface area contributed by atoms with Gasteiger partial charge in [-0.3, -0.25) is 0 Å². The molecule has 1 aromatic heterocycles. The first-order valence-corrected chi connectivity index (χ1v) is 17.5. The molecular weight excluding hydrogens is 617 g/mol. The van der Waals surface area contributed by atoms with Gasteiger partial charge < -0.3 is 0 Å². The van der Waals surface area contributed by atoms with Gasteiger partial charge in [0.15, 0.2) is 5.82 Å². The maximum atomic E-state index is 5.36. The Morgan fingerprint density at radius 1 is 0.333 bits per heavy atom. The molecule has 0 bridgehead atoms. The zero-order valence-electron chi connectivity index (χ0n) is 28.1. The van der Waals surface area contributed by atoms with E-state index in [1.54, 1.807) is 0 Å². The second-order valence-electron chi connectivity index (χ2n) is 13.4. The molecule has 0 unspecified atom stereocenters. The largest absolute Gasteiger partial charge is 0.228 e. The molecule has 0 saturated heterocycles. The van der Waals surface area contributed by atoms with Gasteiger partial charge in [-0.05, 0) is 95.7 Å². The number of benzene rings is 9. The number of nitrogens with zero attached hydrogens (tertiary/aromatic N) is 2. The van der Waals surface area contributed by atoms with Crippen LogP contribution in [-0.2, 0) is 0 Å². The van der Waals surface area contributed by atoms with Crippen LogP contribution in [0.25, 0.3) is 98.9 Å². The molecule has 0 spiro atoms. The van der Waals surface area contributed by atoms with Crippen LogP contribution in [0.15, 0.2) is 176 Å². The molecule has 10 aromatic rings. The molecule has 10 rings (SSSR count). The lowest BCUT2D eigenvalue weighted by Gasteiger charge is -2.15. The highest BCUT2D eigenvalue weighted by molar-refractivity contribution is 6.15. The van der Waals surface area contributed by atoms with Crippen molar-refractivity contribution < 1.29 is 0 Å². The molecule has 0 aliphatic rings. The Hall–Kier alpha value is -6.64. The molecular formula is C49H32N2. The van der Waals surface area contributed by atoms with Crippen molar-refractivity contribution in [3.63, 3.8) is 0 Å². The molecule has 0 N–H and O–H groups in total. The fourth-order valence-electron chi connectivity index (χ4n) is 7.93. The van der Waals surface area contributed by atoms with Gasteiger partial charge in [0.25, 0.3) is 0 Å². The summed E-state index contributed by atoms with van der Waals surface area (Å²) in [5.41, 5.74) is 8.70. The molecule has 2 heteroatoms. The summed E-state index contributed by atoms with van der Waals surface area (Å²) in [7, 11) is 0. The van der Waals surface area contributed by atoms with Crippen LogP contribution in [-0.4, -0.2) is 9.97 Å². The van der Waals surface area contributed by atoms with Crippen molar-refractivity contribution >= 4 is 53.9 Å². The molecule has 9 aromatic carbocycles. The average Bonchev–Trinajstić information content (AvgIpc) is 3.20. The highest BCUT2D eigenvalue weighted by atomic mass is 14.9. The maximum absolute atomic E-state index is 5.36. The number of aryl methyl sites for hydroxylation is 1. The quantitative estimate of drug-likeness (QED) is 0.178. The molecule has 0 atom stereocenters. The van der Waals surface area contributed by atoms with Gasteiger partial charge >= 0.3 is 0 Å². The van der Waals surface area contributed by atoms with Crippen molar-refractivity contribution in [2.45, 2.75) is 6.92 Å². The van der Waals surface area contributed by atoms with Crippen molar-refractivity contribution in [3.05, 3.63) is 181 Å². The van der Waals surface area contributed by atoms with Gasteiger partial charge in [0.2, 0.25) is 0 Å². The van der Waals surface area contributed by atoms with E-state index in [0.29, 0.717) is 5.82 Å². The van der Waals surface area contributed by atoms with E-state index >= 15 is 0 Å². The molecule has 0 saturated carbocycles. The fraction of sp³-hybridized carbons (Fsp3) is 0.0204. The van der Waals surface area contributed by atoms with E-state index in [1.807, 2.05) is 0 Å². The molecule has 238 valence electrons. The Kier molecular flexibility index (Phi) is 6.75. The third kappa shape index (κ3) is 4.87. The Balaban J connectivity index is 1.22. The Morgan fingerprint density at radius 3 is 1.31 bits per heavy atom. The third-order valence-corrected chi connectivity index (χ3v) is 10.4. The lowest BCUT2D eigenvalue weighted by molar-refractivity contribution is 1.19. The predicted octanol–water partition coefficient (Wildman–Crippen LogP) is 13.2. The predicted molar refractivity (Wildman–Crippen MR) is 216 cm³/mol. The summed E-state index contributed by atoms with van der Waals surface area (Å²) >= 11 is 0. The van der Waals surface area contributed by atoms with Crippen LogP contribution in [0.3, 0.4) is 0 Å². The maximum Gasteiger partial charge on any atom is 0.160 e. The minimum atomic E-state index is 0.707. The van der Waals surface area contributed by atoms with Gasteiger partial charge in [0, 0.05) is 16.7 Å². The SMILES string of the molecule is Cc1ccc2ccccc2c1-c1ccc(-c2nc(-c3cc4ccccc4c4ccccc34)cc(-c3cc4ccccc4c4ccccc34)n2)cc1. The average molecular weight is 649 g/mol. The van der Waals surface area contributed by atoms with E-state index in [9.17, 15) is 0 Å². The molecule has 0 aliphatic heterocycles. The summed E-state index contributed by atoms with van der Waals surface area (Å²) in [6, 6.07) is 63.2. The van der Waals surface area contributed by atoms with Crippen molar-refractivity contribution in [2.24, 2.45) is 0 Å². The van der Waals surface area contributed by atoms with Gasteiger partial charge in [-0.25, -0.2) is 9.97 Å². The first-order chi connectivity index (χ1) is 25.2. The monoisotopic (exact) mass is 648 g/mol. The van der Waals surface area contributed by atoms with E-state index in [4.69, 9.17) is 9.97 Å². The third-order valence-electron chi connectivity index (χ3n) is 10.4. The van der Waals surface area contributed by atoms with Crippen molar-refractivity contribution in [3.8, 4) is 45.0 Å². The van der Waals surface area contributed by atoms with Gasteiger partial charge in [-0.1, -0.05) is 158 Å². The van der Waals surface area contributed by atoms with Gasteiger partial charge in [0.05, 0.1) is 11.4 Å². The lowest BCUT2D eigenvalue weighted by Crippen LogP contribution is -1.97. The minimum Gasteiger partial charge on any atom is -0.228 e. The molecule has 2 nitrogen and oxygen atoms in total. The van der Waals surface area contributed by atoms with Crippen LogP contribution >= 0.6 is 0 Å².